The standard InChI is InChI=1S/C11H15NO2.ClH/c1-8(13)9-2-3-11-10(6-9)7-12-4-5-14-11;/h2-3,6,8,12-13H,4-5,7H2,1H3;1H. The van der Waals surface area contributed by atoms with E-state index in [0.717, 1.165) is 30.0 Å². The van der Waals surface area contributed by atoms with E-state index < -0.39 is 6.10 Å². The fourth-order valence-electron chi connectivity index (χ4n) is 1.59. The molecule has 1 atom stereocenters. The monoisotopic (exact) mass is 229 g/mol. The summed E-state index contributed by atoms with van der Waals surface area (Å²) in [5.74, 6) is 0.930. The zero-order valence-corrected chi connectivity index (χ0v) is 9.51. The molecule has 4 heteroatoms. The van der Waals surface area contributed by atoms with Gasteiger partial charge in [-0.15, -0.1) is 12.4 Å². The first-order chi connectivity index (χ1) is 6.77. The fourth-order valence-corrected chi connectivity index (χ4v) is 1.59. The first kappa shape index (κ1) is 12.3. The van der Waals surface area contributed by atoms with E-state index in [0.29, 0.717) is 6.61 Å². The highest BCUT2D eigenvalue weighted by atomic mass is 35.5. The van der Waals surface area contributed by atoms with Crippen molar-refractivity contribution in [2.24, 2.45) is 0 Å². The number of hydrogen-bond donors (Lipinski definition) is 2. The number of ether oxygens (including phenoxy) is 1. The second-order valence-electron chi connectivity index (χ2n) is 3.57. The maximum Gasteiger partial charge on any atom is 0.123 e. The molecular weight excluding hydrogens is 214 g/mol. The van der Waals surface area contributed by atoms with Crippen molar-refractivity contribution in [3.63, 3.8) is 0 Å². The number of fused-ring (bicyclic) bond motifs is 1. The van der Waals surface area contributed by atoms with Crippen molar-refractivity contribution >= 4 is 12.4 Å². The topological polar surface area (TPSA) is 41.5 Å². The minimum absolute atomic E-state index is 0. The van der Waals surface area contributed by atoms with Crippen LogP contribution in [0, 0.1) is 0 Å². The van der Waals surface area contributed by atoms with Crippen LogP contribution in [0.15, 0.2) is 18.2 Å². The Morgan fingerprint density at radius 1 is 1.47 bits per heavy atom. The molecule has 0 radical (unpaired) electrons. The minimum Gasteiger partial charge on any atom is -0.492 e. The summed E-state index contributed by atoms with van der Waals surface area (Å²) in [4.78, 5) is 0. The summed E-state index contributed by atoms with van der Waals surface area (Å²) < 4.78 is 5.54. The summed E-state index contributed by atoms with van der Waals surface area (Å²) in [6, 6.07) is 5.84. The first-order valence-corrected chi connectivity index (χ1v) is 4.92. The maximum absolute atomic E-state index is 9.43. The number of aliphatic hydroxyl groups excluding tert-OH is 1. The molecule has 2 N–H and O–H groups in total. The van der Waals surface area contributed by atoms with Crippen molar-refractivity contribution in [1.29, 1.82) is 0 Å². The summed E-state index contributed by atoms with van der Waals surface area (Å²) in [6.45, 7) is 4.17. The summed E-state index contributed by atoms with van der Waals surface area (Å²) in [5, 5.41) is 12.7. The van der Waals surface area contributed by atoms with Gasteiger partial charge in [0.05, 0.1) is 6.10 Å². The summed E-state index contributed by atoms with van der Waals surface area (Å²) in [5.41, 5.74) is 2.07. The van der Waals surface area contributed by atoms with Crippen LogP contribution in [-0.2, 0) is 6.54 Å². The largest absolute Gasteiger partial charge is 0.492 e. The molecule has 0 saturated heterocycles. The molecule has 0 aliphatic carbocycles. The van der Waals surface area contributed by atoms with Crippen molar-refractivity contribution in [2.45, 2.75) is 19.6 Å². The zero-order valence-electron chi connectivity index (χ0n) is 8.69. The maximum atomic E-state index is 9.43. The van der Waals surface area contributed by atoms with Crippen LogP contribution in [0.3, 0.4) is 0 Å². The van der Waals surface area contributed by atoms with Gasteiger partial charge in [-0.2, -0.15) is 0 Å². The van der Waals surface area contributed by atoms with E-state index in [4.69, 9.17) is 4.74 Å². The Balaban J connectivity index is 0.00000112. The summed E-state index contributed by atoms with van der Waals surface area (Å²) in [7, 11) is 0. The molecule has 1 aromatic carbocycles. The lowest BCUT2D eigenvalue weighted by molar-refractivity contribution is 0.199. The van der Waals surface area contributed by atoms with Crippen LogP contribution in [0.25, 0.3) is 0 Å². The third kappa shape index (κ3) is 2.84. The third-order valence-corrected chi connectivity index (χ3v) is 2.42. The van der Waals surface area contributed by atoms with Gasteiger partial charge in [-0.3, -0.25) is 0 Å². The average molecular weight is 230 g/mol. The van der Waals surface area contributed by atoms with Crippen molar-refractivity contribution in [3.05, 3.63) is 29.3 Å². The highest BCUT2D eigenvalue weighted by Gasteiger charge is 2.10. The lowest BCUT2D eigenvalue weighted by Gasteiger charge is -2.10. The van der Waals surface area contributed by atoms with Gasteiger partial charge in [0.15, 0.2) is 0 Å². The molecule has 1 aliphatic heterocycles. The van der Waals surface area contributed by atoms with Crippen molar-refractivity contribution in [2.75, 3.05) is 13.2 Å². The van der Waals surface area contributed by atoms with Gasteiger partial charge in [0, 0.05) is 18.7 Å². The first-order valence-electron chi connectivity index (χ1n) is 4.92. The number of rotatable bonds is 1. The molecule has 0 aromatic heterocycles. The van der Waals surface area contributed by atoms with Gasteiger partial charge in [-0.05, 0) is 24.6 Å². The zero-order chi connectivity index (χ0) is 9.97. The molecule has 0 spiro atoms. The molecule has 15 heavy (non-hydrogen) atoms. The molecule has 0 saturated carbocycles. The molecule has 1 unspecified atom stereocenters. The number of nitrogens with one attached hydrogen (secondary N) is 1. The van der Waals surface area contributed by atoms with E-state index in [1.165, 1.54) is 0 Å². The molecule has 1 aliphatic rings. The SMILES string of the molecule is CC(O)c1ccc2c(c1)CNCCO2.Cl. The second kappa shape index (κ2) is 5.35. The minimum atomic E-state index is -0.413. The molecule has 0 fully saturated rings. The van der Waals surface area contributed by atoms with Gasteiger partial charge in [-0.25, -0.2) is 0 Å². The Labute approximate surface area is 95.9 Å². The van der Waals surface area contributed by atoms with Crippen LogP contribution in [0.4, 0.5) is 0 Å². The van der Waals surface area contributed by atoms with E-state index in [1.54, 1.807) is 6.92 Å². The Hall–Kier alpha value is -0.770. The van der Waals surface area contributed by atoms with Gasteiger partial charge >= 0.3 is 0 Å². The van der Waals surface area contributed by atoms with E-state index in [2.05, 4.69) is 5.32 Å². The Morgan fingerprint density at radius 2 is 2.27 bits per heavy atom. The van der Waals surface area contributed by atoms with Crippen molar-refractivity contribution in [1.82, 2.24) is 5.32 Å². The second-order valence-corrected chi connectivity index (χ2v) is 3.57. The third-order valence-electron chi connectivity index (χ3n) is 2.42. The van der Waals surface area contributed by atoms with Crippen molar-refractivity contribution < 1.29 is 9.84 Å². The molecule has 3 nitrogen and oxygen atoms in total. The quantitative estimate of drug-likeness (QED) is 0.770. The van der Waals surface area contributed by atoms with Gasteiger partial charge in [0.25, 0.3) is 0 Å². The fraction of sp³-hybridized carbons (Fsp3) is 0.455. The number of hydrogen-bond acceptors (Lipinski definition) is 3. The average Bonchev–Trinajstić information content (AvgIpc) is 2.41. The predicted octanol–water partition coefficient (Wildman–Crippen LogP) is 1.64. The Kier molecular flexibility index (Phi) is 4.39. The lowest BCUT2D eigenvalue weighted by Crippen LogP contribution is -2.16. The molecule has 84 valence electrons. The number of benzene rings is 1. The van der Waals surface area contributed by atoms with E-state index in [-0.39, 0.29) is 12.4 Å². The van der Waals surface area contributed by atoms with Crippen LogP contribution in [0.2, 0.25) is 0 Å². The smallest absolute Gasteiger partial charge is 0.123 e. The van der Waals surface area contributed by atoms with Crippen LogP contribution in [0.1, 0.15) is 24.2 Å². The van der Waals surface area contributed by atoms with Crippen molar-refractivity contribution in [3.8, 4) is 5.75 Å². The predicted molar refractivity (Wildman–Crippen MR) is 61.5 cm³/mol. The van der Waals surface area contributed by atoms with E-state index in [9.17, 15) is 5.11 Å². The Bertz CT molecular complexity index is 328. The number of aliphatic hydroxyl groups is 1. The Morgan fingerprint density at radius 3 is 3.00 bits per heavy atom. The van der Waals surface area contributed by atoms with Crippen LogP contribution < -0.4 is 10.1 Å². The van der Waals surface area contributed by atoms with E-state index in [1.807, 2.05) is 18.2 Å². The lowest BCUT2D eigenvalue weighted by atomic mass is 10.1. The molecule has 0 amide bonds. The normalized spacial score (nSPS) is 16.7. The van der Waals surface area contributed by atoms with Crippen LogP contribution >= 0.6 is 12.4 Å². The summed E-state index contributed by atoms with van der Waals surface area (Å²) in [6.07, 6.45) is -0.413. The molecule has 1 heterocycles. The summed E-state index contributed by atoms with van der Waals surface area (Å²) >= 11 is 0. The van der Waals surface area contributed by atoms with Gasteiger partial charge < -0.3 is 15.2 Å². The molecule has 0 bridgehead atoms. The van der Waals surface area contributed by atoms with Crippen LogP contribution in [-0.4, -0.2) is 18.3 Å². The molecule has 2 rings (SSSR count). The van der Waals surface area contributed by atoms with Crippen LogP contribution in [0.5, 0.6) is 5.75 Å². The highest BCUT2D eigenvalue weighted by molar-refractivity contribution is 5.85. The highest BCUT2D eigenvalue weighted by Crippen LogP contribution is 2.24. The van der Waals surface area contributed by atoms with E-state index >= 15 is 0 Å². The van der Waals surface area contributed by atoms with Gasteiger partial charge in [0.2, 0.25) is 0 Å². The van der Waals surface area contributed by atoms with Gasteiger partial charge in [0.1, 0.15) is 12.4 Å². The number of halogens is 1. The molecule has 1 aromatic rings. The van der Waals surface area contributed by atoms with Gasteiger partial charge in [-0.1, -0.05) is 6.07 Å². The molecular formula is C11H16ClNO2.